The molecule has 2 fully saturated rings. The number of anilines is 1. The van der Waals surface area contributed by atoms with Crippen LogP contribution < -0.4 is 5.73 Å². The zero-order chi connectivity index (χ0) is 23.4. The molecule has 2 saturated heterocycles. The molecule has 176 valence electrons. The normalized spacial score (nSPS) is 34.7. The fourth-order valence-corrected chi connectivity index (χ4v) is 5.74. The summed E-state index contributed by atoms with van der Waals surface area (Å²) in [5, 5.41) is 22.3. The molecule has 5 heterocycles. The Labute approximate surface area is 196 Å². The van der Waals surface area contributed by atoms with Crippen LogP contribution in [0, 0.1) is 0 Å². The van der Waals surface area contributed by atoms with Crippen LogP contribution in [-0.2, 0) is 22.9 Å². The topological polar surface area (TPSA) is 164 Å². The van der Waals surface area contributed by atoms with Crippen LogP contribution in [0.4, 0.5) is 5.82 Å². The maximum atomic E-state index is 13.2. The summed E-state index contributed by atoms with van der Waals surface area (Å²) in [4.78, 5) is 12.2. The van der Waals surface area contributed by atoms with Gasteiger partial charge in [-0.2, -0.15) is 0 Å². The van der Waals surface area contributed by atoms with Gasteiger partial charge in [0.1, 0.15) is 29.5 Å². The van der Waals surface area contributed by atoms with E-state index in [1.165, 1.54) is 17.8 Å². The van der Waals surface area contributed by atoms with E-state index in [2.05, 4.69) is 30.9 Å². The Morgan fingerprint density at radius 2 is 2.21 bits per heavy atom. The van der Waals surface area contributed by atoms with Crippen LogP contribution in [0.1, 0.15) is 31.2 Å². The number of rotatable bonds is 4. The molecule has 3 aromatic heterocycles. The first-order chi connectivity index (χ1) is 15.7. The van der Waals surface area contributed by atoms with Crippen molar-refractivity contribution in [3.63, 3.8) is 0 Å². The number of aromatic nitrogens is 4. The van der Waals surface area contributed by atoms with Gasteiger partial charge in [-0.3, -0.25) is 18.6 Å². The van der Waals surface area contributed by atoms with Gasteiger partial charge >= 0.3 is 7.82 Å². The summed E-state index contributed by atoms with van der Waals surface area (Å²) in [6.45, 7) is 1.46. The number of halogens is 1. The van der Waals surface area contributed by atoms with Crippen molar-refractivity contribution in [2.24, 2.45) is 0 Å². The minimum atomic E-state index is -4.15. The minimum absolute atomic E-state index is 0.0928. The second-order valence-corrected chi connectivity index (χ2v) is 10.4. The first-order valence-corrected chi connectivity index (χ1v) is 12.3. The zero-order valence-corrected chi connectivity index (χ0v) is 19.8. The quantitative estimate of drug-likeness (QED) is 0.415. The SMILES string of the molecule is C[C@@]1(O)[C@H](O)C(OP2(=O)OCC[C@@H](c3cncc(Br)c3)O2)O[C@H]1n1ccc2c(N)ncnc21. The number of ether oxygens (including phenoxy) is 1. The first-order valence-electron chi connectivity index (χ1n) is 10.0. The summed E-state index contributed by atoms with van der Waals surface area (Å²) in [7, 11) is -4.15. The number of nitrogens with zero attached hydrogens (tertiary/aromatic N) is 4. The van der Waals surface area contributed by atoms with E-state index in [1.54, 1.807) is 30.7 Å². The highest BCUT2D eigenvalue weighted by atomic mass is 79.9. The number of fused-ring (bicyclic) bond motifs is 1. The molecule has 0 aliphatic carbocycles. The summed E-state index contributed by atoms with van der Waals surface area (Å²) in [6, 6.07) is 3.45. The van der Waals surface area contributed by atoms with Gasteiger partial charge in [0.05, 0.1) is 18.1 Å². The second-order valence-electron chi connectivity index (χ2n) is 7.95. The number of pyridine rings is 1. The molecular formula is C19H21BrN5O7P. The molecule has 14 heteroatoms. The Hall–Kier alpha value is -1.96. The summed E-state index contributed by atoms with van der Waals surface area (Å²) in [6.07, 6.45) is 1.69. The molecular weight excluding hydrogens is 521 g/mol. The van der Waals surface area contributed by atoms with Crippen molar-refractivity contribution in [3.05, 3.63) is 47.1 Å². The van der Waals surface area contributed by atoms with Crippen LogP contribution in [0.2, 0.25) is 0 Å². The lowest BCUT2D eigenvalue weighted by Crippen LogP contribution is -2.44. The molecule has 12 nitrogen and oxygen atoms in total. The molecule has 0 amide bonds. The lowest BCUT2D eigenvalue weighted by Gasteiger charge is -2.31. The van der Waals surface area contributed by atoms with Crippen molar-refractivity contribution >= 4 is 40.6 Å². The maximum Gasteiger partial charge on any atom is 0.477 e. The fraction of sp³-hybridized carbons (Fsp3) is 0.421. The highest BCUT2D eigenvalue weighted by Crippen LogP contribution is 2.59. The maximum absolute atomic E-state index is 13.2. The van der Waals surface area contributed by atoms with Crippen LogP contribution in [0.5, 0.6) is 0 Å². The number of aliphatic hydroxyl groups excluding tert-OH is 1. The van der Waals surface area contributed by atoms with E-state index >= 15 is 0 Å². The van der Waals surface area contributed by atoms with Crippen molar-refractivity contribution in [1.29, 1.82) is 0 Å². The molecule has 2 aliphatic rings. The predicted octanol–water partition coefficient (Wildman–Crippen LogP) is 2.44. The Balaban J connectivity index is 1.38. The molecule has 33 heavy (non-hydrogen) atoms. The summed E-state index contributed by atoms with van der Waals surface area (Å²) >= 11 is 3.35. The molecule has 2 unspecified atom stereocenters. The van der Waals surface area contributed by atoms with Gasteiger partial charge in [-0.05, 0) is 35.0 Å². The lowest BCUT2D eigenvalue weighted by molar-refractivity contribution is -0.145. The number of hydrogen-bond acceptors (Lipinski definition) is 11. The van der Waals surface area contributed by atoms with E-state index in [-0.39, 0.29) is 12.4 Å². The van der Waals surface area contributed by atoms with E-state index < -0.39 is 38.1 Å². The Morgan fingerprint density at radius 3 is 3.00 bits per heavy atom. The molecule has 0 saturated carbocycles. The Kier molecular flexibility index (Phi) is 5.78. The van der Waals surface area contributed by atoms with Crippen molar-refractivity contribution in [2.75, 3.05) is 12.3 Å². The highest BCUT2D eigenvalue weighted by Gasteiger charge is 2.56. The fourth-order valence-electron chi connectivity index (χ4n) is 3.90. The molecule has 0 radical (unpaired) electrons. The lowest BCUT2D eigenvalue weighted by atomic mass is 9.99. The summed E-state index contributed by atoms with van der Waals surface area (Å²) < 4.78 is 37.7. The monoisotopic (exact) mass is 541 g/mol. The van der Waals surface area contributed by atoms with E-state index in [1.807, 2.05) is 0 Å². The van der Waals surface area contributed by atoms with Crippen LogP contribution in [-0.4, -0.2) is 54.3 Å². The van der Waals surface area contributed by atoms with Gasteiger partial charge in [0.15, 0.2) is 6.23 Å². The number of nitrogens with two attached hydrogens (primary N) is 1. The molecule has 3 aromatic rings. The molecule has 6 atom stereocenters. The predicted molar refractivity (Wildman–Crippen MR) is 118 cm³/mol. The van der Waals surface area contributed by atoms with Crippen LogP contribution in [0.25, 0.3) is 11.0 Å². The van der Waals surface area contributed by atoms with Gasteiger partial charge in [-0.25, -0.2) is 14.5 Å². The van der Waals surface area contributed by atoms with Gasteiger partial charge in [0.25, 0.3) is 0 Å². The van der Waals surface area contributed by atoms with Gasteiger partial charge in [0, 0.05) is 35.0 Å². The smallest absolute Gasteiger partial charge is 0.385 e. The molecule has 4 N–H and O–H groups in total. The Morgan fingerprint density at radius 1 is 1.39 bits per heavy atom. The van der Waals surface area contributed by atoms with Gasteiger partial charge in [-0.15, -0.1) is 0 Å². The first kappa shape index (κ1) is 22.8. The Bertz CT molecular complexity index is 1240. The van der Waals surface area contributed by atoms with Gasteiger partial charge in [-0.1, -0.05) is 0 Å². The second kappa shape index (κ2) is 8.36. The number of phosphoric ester groups is 1. The van der Waals surface area contributed by atoms with E-state index in [0.29, 0.717) is 23.0 Å². The number of nitrogen functional groups attached to an aromatic ring is 1. The molecule has 0 bridgehead atoms. The van der Waals surface area contributed by atoms with E-state index in [9.17, 15) is 14.8 Å². The van der Waals surface area contributed by atoms with E-state index in [4.69, 9.17) is 24.0 Å². The third kappa shape index (κ3) is 4.08. The van der Waals surface area contributed by atoms with Crippen LogP contribution in [0.3, 0.4) is 0 Å². The summed E-state index contributed by atoms with van der Waals surface area (Å²) in [5.74, 6) is 0.256. The van der Waals surface area contributed by atoms with Crippen molar-refractivity contribution in [2.45, 2.75) is 43.7 Å². The number of aliphatic hydroxyl groups is 2. The third-order valence-electron chi connectivity index (χ3n) is 5.63. The molecule has 2 aliphatic heterocycles. The average Bonchev–Trinajstić information content (AvgIpc) is 3.29. The number of hydrogen-bond donors (Lipinski definition) is 3. The molecule has 5 rings (SSSR count). The highest BCUT2D eigenvalue weighted by molar-refractivity contribution is 9.10. The standard InChI is InChI=1S/C19H21BrN5O7P/c1-19(27)14(26)17(30-18(19)25-4-2-12-15(21)23-9-24-16(12)25)32-33(28)29-5-3-13(31-33)10-6-11(20)8-22-7-10/h2,4,6-9,13-14,17-18,26-27H,3,5H2,1H3,(H2,21,23,24)/t13-,14+,17?,18+,19+,33?/m0/s1. The number of phosphoric acid groups is 1. The van der Waals surface area contributed by atoms with Crippen LogP contribution >= 0.6 is 23.8 Å². The molecule has 0 aromatic carbocycles. The minimum Gasteiger partial charge on any atom is -0.385 e. The third-order valence-corrected chi connectivity index (χ3v) is 7.54. The van der Waals surface area contributed by atoms with E-state index in [0.717, 1.165) is 4.47 Å². The molecule has 0 spiro atoms. The van der Waals surface area contributed by atoms with Crippen LogP contribution in [0.15, 0.2) is 41.5 Å². The van der Waals surface area contributed by atoms with Crippen molar-refractivity contribution < 1.29 is 33.1 Å². The van der Waals surface area contributed by atoms with Crippen molar-refractivity contribution in [1.82, 2.24) is 19.5 Å². The summed E-state index contributed by atoms with van der Waals surface area (Å²) in [5.41, 5.74) is 5.12. The van der Waals surface area contributed by atoms with Gasteiger partial charge < -0.3 is 25.3 Å². The van der Waals surface area contributed by atoms with Crippen molar-refractivity contribution in [3.8, 4) is 0 Å². The average molecular weight is 542 g/mol. The van der Waals surface area contributed by atoms with Gasteiger partial charge in [0.2, 0.25) is 6.29 Å². The zero-order valence-electron chi connectivity index (χ0n) is 17.3. The largest absolute Gasteiger partial charge is 0.477 e.